The quantitative estimate of drug-likeness (QED) is 0.933. The molecular weight excluding hydrogens is 323 g/mol. The van der Waals surface area contributed by atoms with Crippen LogP contribution in [-0.4, -0.2) is 20.5 Å². The SMILES string of the molecule is COc1ccc(NS(=O)(=O)c2cc(Cl)cc(Cl)c2)cn1. The number of aromatic nitrogens is 1. The molecule has 0 atom stereocenters. The van der Waals surface area contributed by atoms with Gasteiger partial charge in [0.25, 0.3) is 10.0 Å². The normalized spacial score (nSPS) is 11.2. The van der Waals surface area contributed by atoms with Gasteiger partial charge in [-0.25, -0.2) is 13.4 Å². The summed E-state index contributed by atoms with van der Waals surface area (Å²) in [4.78, 5) is 3.89. The average Bonchev–Trinajstić information content (AvgIpc) is 2.38. The molecule has 0 aliphatic carbocycles. The Morgan fingerprint density at radius 1 is 1.15 bits per heavy atom. The van der Waals surface area contributed by atoms with E-state index in [0.717, 1.165) is 0 Å². The number of hydrogen-bond acceptors (Lipinski definition) is 4. The topological polar surface area (TPSA) is 68.3 Å². The molecular formula is C12H10Cl2N2O3S. The number of sulfonamides is 1. The summed E-state index contributed by atoms with van der Waals surface area (Å²) < 4.78 is 31.6. The summed E-state index contributed by atoms with van der Waals surface area (Å²) in [6.07, 6.45) is 1.35. The van der Waals surface area contributed by atoms with E-state index in [9.17, 15) is 8.42 Å². The second-order valence-corrected chi connectivity index (χ2v) is 6.36. The van der Waals surface area contributed by atoms with Crippen molar-refractivity contribution in [3.05, 3.63) is 46.6 Å². The summed E-state index contributed by atoms with van der Waals surface area (Å²) in [5.41, 5.74) is 0.307. The van der Waals surface area contributed by atoms with Gasteiger partial charge in [0.15, 0.2) is 0 Å². The van der Waals surface area contributed by atoms with Gasteiger partial charge in [0.05, 0.1) is 23.9 Å². The van der Waals surface area contributed by atoms with Gasteiger partial charge >= 0.3 is 0 Å². The van der Waals surface area contributed by atoms with Crippen LogP contribution in [-0.2, 0) is 10.0 Å². The lowest BCUT2D eigenvalue weighted by Crippen LogP contribution is -2.13. The second-order valence-electron chi connectivity index (χ2n) is 3.80. The molecule has 0 spiro atoms. The number of pyridine rings is 1. The number of anilines is 1. The van der Waals surface area contributed by atoms with Crippen LogP contribution in [0.15, 0.2) is 41.4 Å². The van der Waals surface area contributed by atoms with E-state index in [0.29, 0.717) is 11.6 Å². The van der Waals surface area contributed by atoms with E-state index in [1.807, 2.05) is 0 Å². The molecule has 0 aliphatic rings. The van der Waals surface area contributed by atoms with Crippen LogP contribution in [0.4, 0.5) is 5.69 Å². The molecule has 5 nitrogen and oxygen atoms in total. The summed E-state index contributed by atoms with van der Waals surface area (Å²) in [6.45, 7) is 0. The molecule has 1 aromatic heterocycles. The monoisotopic (exact) mass is 332 g/mol. The van der Waals surface area contributed by atoms with Crippen molar-refractivity contribution in [1.82, 2.24) is 4.98 Å². The predicted molar refractivity (Wildman–Crippen MR) is 78.1 cm³/mol. The highest BCUT2D eigenvalue weighted by Gasteiger charge is 2.16. The van der Waals surface area contributed by atoms with Crippen molar-refractivity contribution in [3.63, 3.8) is 0 Å². The first-order valence-electron chi connectivity index (χ1n) is 5.40. The van der Waals surface area contributed by atoms with Crippen molar-refractivity contribution in [1.29, 1.82) is 0 Å². The predicted octanol–water partition coefficient (Wildman–Crippen LogP) is 3.20. The molecule has 1 aromatic carbocycles. The van der Waals surface area contributed by atoms with Crippen LogP contribution < -0.4 is 9.46 Å². The van der Waals surface area contributed by atoms with Crippen LogP contribution in [0.5, 0.6) is 5.88 Å². The van der Waals surface area contributed by atoms with Gasteiger partial charge in [0, 0.05) is 16.1 Å². The van der Waals surface area contributed by atoms with Crippen LogP contribution >= 0.6 is 23.2 Å². The molecule has 0 saturated heterocycles. The van der Waals surface area contributed by atoms with Crippen molar-refractivity contribution in [3.8, 4) is 5.88 Å². The van der Waals surface area contributed by atoms with Gasteiger partial charge in [0.2, 0.25) is 5.88 Å². The minimum atomic E-state index is -3.78. The molecule has 8 heteroatoms. The fraction of sp³-hybridized carbons (Fsp3) is 0.0833. The zero-order chi connectivity index (χ0) is 14.8. The van der Waals surface area contributed by atoms with Gasteiger partial charge in [-0.15, -0.1) is 0 Å². The van der Waals surface area contributed by atoms with Gasteiger partial charge in [-0.2, -0.15) is 0 Å². The number of hydrogen-bond donors (Lipinski definition) is 1. The molecule has 0 aliphatic heterocycles. The maximum absolute atomic E-state index is 12.2. The van der Waals surface area contributed by atoms with Gasteiger partial charge in [-0.3, -0.25) is 4.72 Å². The summed E-state index contributed by atoms with van der Waals surface area (Å²) in [5, 5.41) is 0.483. The van der Waals surface area contributed by atoms with Crippen molar-refractivity contribution in [2.24, 2.45) is 0 Å². The first kappa shape index (κ1) is 14.9. The lowest BCUT2D eigenvalue weighted by molar-refractivity contribution is 0.398. The van der Waals surface area contributed by atoms with Gasteiger partial charge in [-0.1, -0.05) is 23.2 Å². The molecule has 2 aromatic rings. The maximum atomic E-state index is 12.2. The fourth-order valence-corrected chi connectivity index (χ4v) is 3.23. The Labute approximate surface area is 126 Å². The molecule has 0 radical (unpaired) electrons. The molecule has 0 saturated carbocycles. The first-order chi connectivity index (χ1) is 9.40. The van der Waals surface area contributed by atoms with Gasteiger partial charge < -0.3 is 4.74 Å². The number of nitrogens with one attached hydrogen (secondary N) is 1. The number of benzene rings is 1. The van der Waals surface area contributed by atoms with Crippen molar-refractivity contribution in [2.75, 3.05) is 11.8 Å². The third-order valence-corrected chi connectivity index (χ3v) is 4.14. The van der Waals surface area contributed by atoms with Gasteiger partial charge in [-0.05, 0) is 24.3 Å². The van der Waals surface area contributed by atoms with E-state index in [4.69, 9.17) is 27.9 Å². The Balaban J connectivity index is 2.30. The Bertz CT molecular complexity index is 698. The van der Waals surface area contributed by atoms with E-state index in [1.54, 1.807) is 6.07 Å². The summed E-state index contributed by atoms with van der Waals surface area (Å²) in [5.74, 6) is 0.388. The van der Waals surface area contributed by atoms with Gasteiger partial charge in [0.1, 0.15) is 0 Å². The molecule has 0 amide bonds. The minimum Gasteiger partial charge on any atom is -0.481 e. The van der Waals surface area contributed by atoms with E-state index in [2.05, 4.69) is 9.71 Å². The summed E-state index contributed by atoms with van der Waals surface area (Å²) in [6, 6.07) is 7.16. The Morgan fingerprint density at radius 3 is 2.30 bits per heavy atom. The molecule has 2 rings (SSSR count). The minimum absolute atomic E-state index is 0.0224. The molecule has 0 unspecified atom stereocenters. The Morgan fingerprint density at radius 2 is 1.80 bits per heavy atom. The van der Waals surface area contributed by atoms with Crippen LogP contribution in [0.1, 0.15) is 0 Å². The number of rotatable bonds is 4. The number of ether oxygens (including phenoxy) is 1. The zero-order valence-electron chi connectivity index (χ0n) is 10.3. The number of halogens is 2. The molecule has 0 bridgehead atoms. The maximum Gasteiger partial charge on any atom is 0.262 e. The number of methoxy groups -OCH3 is 1. The van der Waals surface area contributed by atoms with Crippen LogP contribution in [0.25, 0.3) is 0 Å². The highest BCUT2D eigenvalue weighted by Crippen LogP contribution is 2.24. The largest absolute Gasteiger partial charge is 0.481 e. The third-order valence-electron chi connectivity index (χ3n) is 2.34. The van der Waals surface area contributed by atoms with E-state index in [-0.39, 0.29) is 14.9 Å². The molecule has 20 heavy (non-hydrogen) atoms. The van der Waals surface area contributed by atoms with E-state index in [1.165, 1.54) is 37.6 Å². The van der Waals surface area contributed by atoms with Crippen molar-refractivity contribution < 1.29 is 13.2 Å². The summed E-state index contributed by atoms with van der Waals surface area (Å²) in [7, 11) is -2.31. The lowest BCUT2D eigenvalue weighted by Gasteiger charge is -2.09. The highest BCUT2D eigenvalue weighted by molar-refractivity contribution is 7.92. The summed E-state index contributed by atoms with van der Waals surface area (Å²) >= 11 is 11.6. The number of nitrogens with zero attached hydrogens (tertiary/aromatic N) is 1. The van der Waals surface area contributed by atoms with Crippen LogP contribution in [0, 0.1) is 0 Å². The average molecular weight is 333 g/mol. The molecule has 106 valence electrons. The van der Waals surface area contributed by atoms with Crippen molar-refractivity contribution >= 4 is 38.9 Å². The Hall–Kier alpha value is -1.50. The standard InChI is InChI=1S/C12H10Cl2N2O3S/c1-19-12-3-2-10(7-15-12)16-20(17,18)11-5-8(13)4-9(14)6-11/h2-7,16H,1H3. The molecule has 1 N–H and O–H groups in total. The van der Waals surface area contributed by atoms with Crippen LogP contribution in [0.2, 0.25) is 10.0 Å². The zero-order valence-corrected chi connectivity index (χ0v) is 12.6. The molecule has 0 fully saturated rings. The Kier molecular flexibility index (Phi) is 4.37. The smallest absolute Gasteiger partial charge is 0.262 e. The van der Waals surface area contributed by atoms with E-state index < -0.39 is 10.0 Å². The third kappa shape index (κ3) is 3.53. The van der Waals surface area contributed by atoms with E-state index >= 15 is 0 Å². The second kappa shape index (κ2) is 5.87. The first-order valence-corrected chi connectivity index (χ1v) is 7.63. The molecule has 1 heterocycles. The highest BCUT2D eigenvalue weighted by atomic mass is 35.5. The lowest BCUT2D eigenvalue weighted by atomic mass is 10.4. The fourth-order valence-electron chi connectivity index (χ4n) is 1.46. The van der Waals surface area contributed by atoms with Crippen molar-refractivity contribution in [2.45, 2.75) is 4.90 Å². The van der Waals surface area contributed by atoms with Crippen LogP contribution in [0.3, 0.4) is 0 Å².